The summed E-state index contributed by atoms with van der Waals surface area (Å²) < 4.78 is 33.7. The van der Waals surface area contributed by atoms with E-state index >= 15 is 0 Å². The molecule has 372 valence electrons. The third kappa shape index (κ3) is 10.9. The summed E-state index contributed by atoms with van der Waals surface area (Å²) in [6.45, 7) is 6.51. The molecular formula is C49H51FN14O8. The van der Waals surface area contributed by atoms with Gasteiger partial charge in [0.1, 0.15) is 47.1 Å². The molecule has 0 radical (unpaired) electrons. The van der Waals surface area contributed by atoms with Crippen LogP contribution in [0.3, 0.4) is 0 Å². The summed E-state index contributed by atoms with van der Waals surface area (Å²) >= 11 is 0. The van der Waals surface area contributed by atoms with E-state index in [1.54, 1.807) is 44.9 Å². The topological polar surface area (TPSA) is 249 Å². The van der Waals surface area contributed by atoms with Crippen molar-refractivity contribution in [2.75, 3.05) is 49.9 Å². The molecule has 0 atom stereocenters. The summed E-state index contributed by atoms with van der Waals surface area (Å²) in [5, 5.41) is 39.9. The number of methoxy groups -OCH3 is 2. The highest BCUT2D eigenvalue weighted by Gasteiger charge is 2.32. The Morgan fingerprint density at radius 2 is 1.21 bits per heavy atom. The van der Waals surface area contributed by atoms with E-state index in [0.717, 1.165) is 45.1 Å². The minimum absolute atomic E-state index is 0.0116. The normalized spacial score (nSPS) is 12.8. The number of piperidine rings is 1. The van der Waals surface area contributed by atoms with Crippen molar-refractivity contribution in [3.63, 3.8) is 0 Å². The third-order valence-corrected chi connectivity index (χ3v) is 11.9. The zero-order chi connectivity index (χ0) is 51.4. The van der Waals surface area contributed by atoms with Gasteiger partial charge < -0.3 is 34.6 Å². The SMILES string of the molecule is COc1cc(F)c([N+](=O)[O-])cc1Nc1cc(-c2ccc3c(cnn3C)c2)ncn1.COc1cc(N(C)C2CCN(C(=O)OC(C)(C)C)CC2)c([N+](=O)[O-])cc1Nc1cc(-c2ccc3c(cnn3C)c2)ncn1. The Morgan fingerprint density at radius 1 is 0.722 bits per heavy atom. The van der Waals surface area contributed by atoms with Crippen LogP contribution in [0.5, 0.6) is 11.5 Å². The molecular weight excluding hydrogens is 932 g/mol. The second-order valence-electron chi connectivity index (χ2n) is 17.8. The van der Waals surface area contributed by atoms with E-state index in [1.165, 1.54) is 32.9 Å². The maximum atomic E-state index is 13.8. The highest BCUT2D eigenvalue weighted by atomic mass is 19.1. The van der Waals surface area contributed by atoms with Crippen molar-refractivity contribution in [2.24, 2.45) is 14.1 Å². The number of nitrogens with one attached hydrogen (secondary N) is 2. The van der Waals surface area contributed by atoms with E-state index in [-0.39, 0.29) is 29.3 Å². The molecule has 4 aromatic heterocycles. The molecule has 2 N–H and O–H groups in total. The summed E-state index contributed by atoms with van der Waals surface area (Å²) in [6, 6.07) is 20.4. The number of amides is 1. The average molecular weight is 983 g/mol. The van der Waals surface area contributed by atoms with Crippen molar-refractivity contribution in [3.05, 3.63) is 124 Å². The number of anilines is 5. The number of carbonyl (C=O) groups excluding carboxylic acids is 1. The number of nitro benzene ring substituents is 2. The van der Waals surface area contributed by atoms with E-state index < -0.39 is 27.0 Å². The molecule has 0 bridgehead atoms. The number of fused-ring (bicyclic) bond motifs is 2. The van der Waals surface area contributed by atoms with Gasteiger partial charge in [-0.2, -0.15) is 14.6 Å². The molecule has 72 heavy (non-hydrogen) atoms. The Kier molecular flexibility index (Phi) is 14.1. The molecule has 9 rings (SSSR count). The fraction of sp³-hybridized carbons (Fsp3) is 0.286. The van der Waals surface area contributed by atoms with Gasteiger partial charge in [0.25, 0.3) is 5.69 Å². The lowest BCUT2D eigenvalue weighted by Gasteiger charge is -2.38. The number of hydrogen-bond donors (Lipinski definition) is 2. The molecule has 1 aliphatic rings. The molecule has 1 aliphatic heterocycles. The standard InChI is InChI=1S/C30H36N8O5.C19H15FN6O3/c1-30(2,3)43-29(39)37-11-9-21(10-12-37)35(4)25-16-27(42-6)23(14-26(25)38(40)41)34-28-15-22(31-18-32-28)19-7-8-24-20(13-19)17-33-36(24)5;1-25-16-4-3-11(5-12(16)9-23-25)14-8-19(22-10-21-14)24-15-7-17(26(27)28)13(20)6-18(15)29-2/h7-8,13-18,21H,9-12H2,1-6H3,(H,31,32,34);3-10H,1-2H3,(H,21,22,24). The average Bonchev–Trinajstić information content (AvgIpc) is 3.93. The van der Waals surface area contributed by atoms with Crippen molar-refractivity contribution in [1.29, 1.82) is 0 Å². The molecule has 1 amide bonds. The molecule has 0 saturated carbocycles. The molecule has 22 nitrogen and oxygen atoms in total. The molecule has 1 fully saturated rings. The zero-order valence-electron chi connectivity index (χ0n) is 40.7. The van der Waals surface area contributed by atoms with Gasteiger partial charge >= 0.3 is 11.8 Å². The van der Waals surface area contributed by atoms with Gasteiger partial charge in [0, 0.05) is 98.6 Å². The first-order valence-electron chi connectivity index (χ1n) is 22.5. The maximum Gasteiger partial charge on any atom is 0.410 e. The summed E-state index contributed by atoms with van der Waals surface area (Å²) in [5.41, 5.74) is 4.81. The van der Waals surface area contributed by atoms with Crippen molar-refractivity contribution >= 4 is 68.0 Å². The van der Waals surface area contributed by atoms with Gasteiger partial charge in [-0.15, -0.1) is 0 Å². The molecule has 0 aliphatic carbocycles. The molecule has 4 aromatic carbocycles. The number of benzene rings is 4. The number of nitro groups is 2. The Labute approximate surface area is 411 Å². The van der Waals surface area contributed by atoms with Crippen LogP contribution in [0.15, 0.2) is 97.8 Å². The van der Waals surface area contributed by atoms with Crippen LogP contribution >= 0.6 is 0 Å². The van der Waals surface area contributed by atoms with Crippen LogP contribution in [0.4, 0.5) is 49.3 Å². The number of aryl methyl sites for hydroxylation is 2. The fourth-order valence-corrected chi connectivity index (χ4v) is 8.25. The van der Waals surface area contributed by atoms with Crippen molar-refractivity contribution < 1.29 is 33.2 Å². The first-order chi connectivity index (χ1) is 34.4. The Morgan fingerprint density at radius 3 is 1.68 bits per heavy atom. The van der Waals surface area contributed by atoms with Crippen molar-refractivity contribution in [3.8, 4) is 34.0 Å². The first-order valence-corrected chi connectivity index (χ1v) is 22.5. The second-order valence-corrected chi connectivity index (χ2v) is 17.8. The zero-order valence-corrected chi connectivity index (χ0v) is 40.7. The van der Waals surface area contributed by atoms with E-state index in [4.69, 9.17) is 14.2 Å². The molecule has 8 aromatic rings. The number of likely N-dealkylation sites (tertiary alicyclic amines) is 1. The van der Waals surface area contributed by atoms with Crippen LogP contribution in [-0.2, 0) is 18.8 Å². The lowest BCUT2D eigenvalue weighted by molar-refractivity contribution is -0.387. The summed E-state index contributed by atoms with van der Waals surface area (Å²) in [6.07, 6.45) is 7.32. The molecule has 5 heterocycles. The number of ether oxygens (including phenoxy) is 3. The molecule has 0 unspecified atom stereocenters. The number of aromatic nitrogens is 8. The second kappa shape index (κ2) is 20.5. The maximum absolute atomic E-state index is 13.8. The van der Waals surface area contributed by atoms with Crippen LogP contribution in [0, 0.1) is 26.0 Å². The summed E-state index contributed by atoms with van der Waals surface area (Å²) in [4.78, 5) is 55.3. The van der Waals surface area contributed by atoms with Crippen LogP contribution < -0.4 is 25.0 Å². The number of carbonyl (C=O) groups is 1. The predicted molar refractivity (Wildman–Crippen MR) is 269 cm³/mol. The van der Waals surface area contributed by atoms with Crippen molar-refractivity contribution in [1.82, 2.24) is 44.4 Å². The van der Waals surface area contributed by atoms with Crippen molar-refractivity contribution in [2.45, 2.75) is 45.3 Å². The van der Waals surface area contributed by atoms with Gasteiger partial charge in [-0.1, -0.05) is 12.1 Å². The molecule has 0 spiro atoms. The number of hydrogen-bond acceptors (Lipinski definition) is 17. The number of halogens is 1. The minimum Gasteiger partial charge on any atom is -0.494 e. The van der Waals surface area contributed by atoms with Crippen LogP contribution in [0.2, 0.25) is 0 Å². The largest absolute Gasteiger partial charge is 0.494 e. The Bertz CT molecular complexity index is 3330. The lowest BCUT2D eigenvalue weighted by Crippen LogP contribution is -2.47. The van der Waals surface area contributed by atoms with Gasteiger partial charge in [0.15, 0.2) is 0 Å². The third-order valence-electron chi connectivity index (χ3n) is 11.9. The van der Waals surface area contributed by atoms with E-state index in [1.807, 2.05) is 83.2 Å². The molecule has 1 saturated heterocycles. The number of nitrogens with zero attached hydrogens (tertiary/aromatic N) is 12. The summed E-state index contributed by atoms with van der Waals surface area (Å²) in [7, 11) is 8.45. The number of rotatable bonds is 12. The quantitative estimate of drug-likeness (QED) is 0.0854. The Hall–Kier alpha value is -9.02. The van der Waals surface area contributed by atoms with Gasteiger partial charge in [-0.25, -0.2) is 24.7 Å². The smallest absolute Gasteiger partial charge is 0.410 e. The minimum atomic E-state index is -0.981. The van der Waals surface area contributed by atoms with Gasteiger partial charge in [-0.3, -0.25) is 29.6 Å². The van der Waals surface area contributed by atoms with Crippen LogP contribution in [0.1, 0.15) is 33.6 Å². The van der Waals surface area contributed by atoms with E-state index in [9.17, 15) is 29.4 Å². The van der Waals surface area contributed by atoms with Crippen LogP contribution in [-0.4, -0.2) is 106 Å². The fourth-order valence-electron chi connectivity index (χ4n) is 8.25. The van der Waals surface area contributed by atoms with E-state index in [2.05, 4.69) is 40.8 Å². The van der Waals surface area contributed by atoms with Gasteiger partial charge in [0.05, 0.1) is 70.3 Å². The highest BCUT2D eigenvalue weighted by molar-refractivity contribution is 5.86. The van der Waals surface area contributed by atoms with Crippen LogP contribution in [0.25, 0.3) is 44.3 Å². The van der Waals surface area contributed by atoms with E-state index in [0.29, 0.717) is 66.1 Å². The first kappa shape index (κ1) is 49.4. The summed E-state index contributed by atoms with van der Waals surface area (Å²) in [5.74, 6) is 0.395. The Balaban J connectivity index is 0.000000208. The van der Waals surface area contributed by atoms with Gasteiger partial charge in [0.2, 0.25) is 5.82 Å². The predicted octanol–water partition coefficient (Wildman–Crippen LogP) is 9.36. The molecule has 23 heteroatoms. The monoisotopic (exact) mass is 982 g/mol. The lowest BCUT2D eigenvalue weighted by atomic mass is 10.0. The highest BCUT2D eigenvalue weighted by Crippen LogP contribution is 2.41. The van der Waals surface area contributed by atoms with Gasteiger partial charge in [-0.05, 0) is 57.9 Å².